The Labute approximate surface area is 102 Å². The maximum atomic E-state index is 5.47. The van der Waals surface area contributed by atoms with Gasteiger partial charge in [-0.2, -0.15) is 0 Å². The van der Waals surface area contributed by atoms with Gasteiger partial charge in [0.15, 0.2) is 0 Å². The van der Waals surface area contributed by atoms with Gasteiger partial charge < -0.3 is 15.0 Å². The van der Waals surface area contributed by atoms with Crippen molar-refractivity contribution in [3.8, 4) is 0 Å². The monoisotopic (exact) mass is 230 g/mol. The maximum absolute atomic E-state index is 5.47. The van der Waals surface area contributed by atoms with Gasteiger partial charge in [-0.3, -0.25) is 0 Å². The summed E-state index contributed by atoms with van der Waals surface area (Å²) in [6.45, 7) is 11.6. The van der Waals surface area contributed by atoms with Crippen molar-refractivity contribution in [2.75, 3.05) is 39.9 Å². The molecule has 0 aromatic heterocycles. The molecule has 3 heteroatoms. The Morgan fingerprint density at radius 3 is 2.50 bits per heavy atom. The van der Waals surface area contributed by atoms with Crippen molar-refractivity contribution in [1.29, 1.82) is 0 Å². The fourth-order valence-corrected chi connectivity index (χ4v) is 1.33. The molecule has 0 fully saturated rings. The molecule has 0 bridgehead atoms. The highest BCUT2D eigenvalue weighted by Crippen LogP contribution is 1.94. The van der Waals surface area contributed by atoms with E-state index in [1.54, 1.807) is 0 Å². The number of nitrogens with one attached hydrogen (secondary N) is 1. The summed E-state index contributed by atoms with van der Waals surface area (Å²) in [5.41, 5.74) is 0. The molecule has 0 aromatic rings. The van der Waals surface area contributed by atoms with Crippen LogP contribution < -0.4 is 5.32 Å². The smallest absolute Gasteiger partial charge is 0.0590 e. The van der Waals surface area contributed by atoms with E-state index in [0.29, 0.717) is 6.04 Å². The van der Waals surface area contributed by atoms with Crippen molar-refractivity contribution in [1.82, 2.24) is 10.2 Å². The zero-order valence-electron chi connectivity index (χ0n) is 11.6. The van der Waals surface area contributed by atoms with Gasteiger partial charge in [0.2, 0.25) is 0 Å². The van der Waals surface area contributed by atoms with Gasteiger partial charge in [-0.15, -0.1) is 0 Å². The maximum Gasteiger partial charge on any atom is 0.0590 e. The molecule has 0 heterocycles. The molecule has 0 amide bonds. The van der Waals surface area contributed by atoms with Crippen LogP contribution in [0.1, 0.15) is 40.0 Å². The lowest BCUT2D eigenvalue weighted by Gasteiger charge is -2.20. The van der Waals surface area contributed by atoms with E-state index in [9.17, 15) is 0 Å². The topological polar surface area (TPSA) is 24.5 Å². The third kappa shape index (κ3) is 10.4. The molecular weight excluding hydrogens is 200 g/mol. The minimum atomic E-state index is 0.650. The summed E-state index contributed by atoms with van der Waals surface area (Å²) in [6.07, 6.45) is 3.61. The second-order valence-corrected chi connectivity index (χ2v) is 4.64. The summed E-state index contributed by atoms with van der Waals surface area (Å²) < 4.78 is 5.47. The van der Waals surface area contributed by atoms with Gasteiger partial charge in [-0.1, -0.05) is 13.3 Å². The van der Waals surface area contributed by atoms with Gasteiger partial charge >= 0.3 is 0 Å². The molecule has 0 spiro atoms. The van der Waals surface area contributed by atoms with Crippen LogP contribution in [0.15, 0.2) is 0 Å². The number of nitrogens with zero attached hydrogens (tertiary/aromatic N) is 1. The fraction of sp³-hybridized carbons (Fsp3) is 1.00. The highest BCUT2D eigenvalue weighted by molar-refractivity contribution is 4.58. The van der Waals surface area contributed by atoms with Gasteiger partial charge in [-0.05, 0) is 46.8 Å². The normalized spacial score (nSPS) is 11.6. The summed E-state index contributed by atoms with van der Waals surface area (Å²) >= 11 is 0. The SMILES string of the molecule is CCCCOCCNCCCN(C)C(C)C. The van der Waals surface area contributed by atoms with E-state index in [1.807, 2.05) is 0 Å². The third-order valence-corrected chi connectivity index (χ3v) is 2.81. The first-order chi connectivity index (χ1) is 7.68. The highest BCUT2D eigenvalue weighted by Gasteiger charge is 2.01. The molecule has 3 nitrogen and oxygen atoms in total. The fourth-order valence-electron chi connectivity index (χ4n) is 1.33. The average molecular weight is 230 g/mol. The Hall–Kier alpha value is -0.120. The predicted octanol–water partition coefficient (Wildman–Crippen LogP) is 2.12. The van der Waals surface area contributed by atoms with E-state index in [4.69, 9.17) is 4.74 Å². The Balaban J connectivity index is 3.04. The van der Waals surface area contributed by atoms with Crippen molar-refractivity contribution in [3.05, 3.63) is 0 Å². The van der Waals surface area contributed by atoms with Crippen molar-refractivity contribution < 1.29 is 4.74 Å². The average Bonchev–Trinajstić information content (AvgIpc) is 2.26. The summed E-state index contributed by atoms with van der Waals surface area (Å²) in [4.78, 5) is 2.37. The lowest BCUT2D eigenvalue weighted by molar-refractivity contribution is 0.133. The molecule has 98 valence electrons. The zero-order chi connectivity index (χ0) is 12.2. The van der Waals surface area contributed by atoms with E-state index in [-0.39, 0.29) is 0 Å². The van der Waals surface area contributed by atoms with E-state index >= 15 is 0 Å². The zero-order valence-corrected chi connectivity index (χ0v) is 11.6. The number of rotatable bonds is 11. The van der Waals surface area contributed by atoms with Gasteiger partial charge in [0.1, 0.15) is 0 Å². The Bertz CT molecular complexity index is 140. The number of ether oxygens (including phenoxy) is 1. The van der Waals surface area contributed by atoms with E-state index in [0.717, 1.165) is 26.3 Å². The van der Waals surface area contributed by atoms with Crippen LogP contribution in [0.4, 0.5) is 0 Å². The van der Waals surface area contributed by atoms with Crippen LogP contribution in [0.3, 0.4) is 0 Å². The number of hydrogen-bond acceptors (Lipinski definition) is 3. The van der Waals surface area contributed by atoms with Gasteiger partial charge in [-0.25, -0.2) is 0 Å². The molecule has 0 aromatic carbocycles. The predicted molar refractivity (Wildman–Crippen MR) is 71.0 cm³/mol. The van der Waals surface area contributed by atoms with E-state index in [2.05, 4.69) is 38.0 Å². The van der Waals surface area contributed by atoms with Crippen LogP contribution in [0.25, 0.3) is 0 Å². The third-order valence-electron chi connectivity index (χ3n) is 2.81. The van der Waals surface area contributed by atoms with Crippen LogP contribution in [0, 0.1) is 0 Å². The second kappa shape index (κ2) is 11.4. The molecule has 0 unspecified atom stereocenters. The largest absolute Gasteiger partial charge is 0.380 e. The summed E-state index contributed by atoms with van der Waals surface area (Å²) in [6, 6.07) is 0.650. The number of unbranched alkanes of at least 4 members (excludes halogenated alkanes) is 1. The first-order valence-corrected chi connectivity index (χ1v) is 6.67. The molecular formula is C13H30N2O. The first kappa shape index (κ1) is 15.9. The molecule has 0 rings (SSSR count). The lowest BCUT2D eigenvalue weighted by atomic mass is 10.3. The molecule has 0 radical (unpaired) electrons. The quantitative estimate of drug-likeness (QED) is 0.550. The molecule has 16 heavy (non-hydrogen) atoms. The summed E-state index contributed by atoms with van der Waals surface area (Å²) in [5.74, 6) is 0. The molecule has 0 saturated heterocycles. The van der Waals surface area contributed by atoms with Gasteiger partial charge in [0.25, 0.3) is 0 Å². The minimum Gasteiger partial charge on any atom is -0.380 e. The van der Waals surface area contributed by atoms with Crippen LogP contribution in [0.2, 0.25) is 0 Å². The van der Waals surface area contributed by atoms with Crippen molar-refractivity contribution in [2.45, 2.75) is 46.1 Å². The Kier molecular flexibility index (Phi) is 11.3. The van der Waals surface area contributed by atoms with E-state index < -0.39 is 0 Å². The first-order valence-electron chi connectivity index (χ1n) is 6.67. The van der Waals surface area contributed by atoms with Gasteiger partial charge in [0, 0.05) is 19.2 Å². The molecule has 1 N–H and O–H groups in total. The Morgan fingerprint density at radius 2 is 1.88 bits per heavy atom. The Morgan fingerprint density at radius 1 is 1.12 bits per heavy atom. The van der Waals surface area contributed by atoms with Crippen molar-refractivity contribution in [3.63, 3.8) is 0 Å². The summed E-state index contributed by atoms with van der Waals surface area (Å²) in [7, 11) is 2.18. The van der Waals surface area contributed by atoms with Crippen LogP contribution in [-0.2, 0) is 4.74 Å². The van der Waals surface area contributed by atoms with Crippen LogP contribution in [-0.4, -0.2) is 50.8 Å². The molecule has 0 aliphatic heterocycles. The van der Waals surface area contributed by atoms with E-state index in [1.165, 1.54) is 25.8 Å². The standard InChI is InChI=1S/C13H30N2O/c1-5-6-11-16-12-9-14-8-7-10-15(4)13(2)3/h13-14H,5-12H2,1-4H3. The second-order valence-electron chi connectivity index (χ2n) is 4.64. The molecule has 0 saturated carbocycles. The van der Waals surface area contributed by atoms with Crippen LogP contribution >= 0.6 is 0 Å². The minimum absolute atomic E-state index is 0.650. The van der Waals surface area contributed by atoms with Gasteiger partial charge in [0.05, 0.1) is 6.61 Å². The number of hydrogen-bond donors (Lipinski definition) is 1. The van der Waals surface area contributed by atoms with Crippen molar-refractivity contribution >= 4 is 0 Å². The lowest BCUT2D eigenvalue weighted by Crippen LogP contribution is -2.30. The highest BCUT2D eigenvalue weighted by atomic mass is 16.5. The van der Waals surface area contributed by atoms with Crippen LogP contribution in [0.5, 0.6) is 0 Å². The van der Waals surface area contributed by atoms with Crippen molar-refractivity contribution in [2.24, 2.45) is 0 Å². The molecule has 0 atom stereocenters. The molecule has 0 aliphatic rings. The summed E-state index contributed by atoms with van der Waals surface area (Å²) in [5, 5.41) is 3.40. The molecule has 0 aliphatic carbocycles.